The summed E-state index contributed by atoms with van der Waals surface area (Å²) in [6.07, 6.45) is 4.52. The molecule has 0 aliphatic heterocycles. The first kappa shape index (κ1) is 11.4. The third-order valence-corrected chi connectivity index (χ3v) is 1.95. The summed E-state index contributed by atoms with van der Waals surface area (Å²) in [7, 11) is 0. The molecule has 0 atom stereocenters. The van der Waals surface area contributed by atoms with Gasteiger partial charge in [-0.05, 0) is 45.4 Å². The monoisotopic (exact) mass is 167 g/mol. The molecule has 0 spiro atoms. The molecule has 0 aliphatic carbocycles. The first-order valence-electron chi connectivity index (χ1n) is 4.74. The molecule has 12 heavy (non-hydrogen) atoms. The molecular weight excluding hydrogens is 146 g/mol. The van der Waals surface area contributed by atoms with Crippen molar-refractivity contribution in [1.29, 1.82) is 0 Å². The molecule has 0 aromatic carbocycles. The van der Waals surface area contributed by atoms with E-state index in [2.05, 4.69) is 38.7 Å². The predicted octanol–water partition coefficient (Wildman–Crippen LogP) is 2.90. The van der Waals surface area contributed by atoms with E-state index >= 15 is 0 Å². The molecule has 0 unspecified atom stereocenters. The second-order valence-electron chi connectivity index (χ2n) is 3.05. The van der Waals surface area contributed by atoms with Crippen LogP contribution < -0.4 is 5.32 Å². The van der Waals surface area contributed by atoms with Crippen LogP contribution in [0.5, 0.6) is 0 Å². The van der Waals surface area contributed by atoms with Crippen molar-refractivity contribution in [1.82, 2.24) is 5.32 Å². The number of hydrogen-bond acceptors (Lipinski definition) is 1. The fourth-order valence-electron chi connectivity index (χ4n) is 1.18. The summed E-state index contributed by atoms with van der Waals surface area (Å²) < 4.78 is 0. The molecule has 0 aromatic heterocycles. The highest BCUT2D eigenvalue weighted by molar-refractivity contribution is 5.25. The van der Waals surface area contributed by atoms with Gasteiger partial charge in [-0.15, -0.1) is 0 Å². The van der Waals surface area contributed by atoms with Crippen molar-refractivity contribution < 1.29 is 0 Å². The molecule has 1 heteroatoms. The van der Waals surface area contributed by atoms with Crippen LogP contribution in [0.2, 0.25) is 0 Å². The molecule has 0 amide bonds. The quantitative estimate of drug-likeness (QED) is 0.474. The van der Waals surface area contributed by atoms with Crippen molar-refractivity contribution in [2.24, 2.45) is 0 Å². The average Bonchev–Trinajstić information content (AvgIpc) is 2.04. The van der Waals surface area contributed by atoms with Gasteiger partial charge in [-0.2, -0.15) is 0 Å². The van der Waals surface area contributed by atoms with Gasteiger partial charge in [-0.3, -0.25) is 0 Å². The maximum atomic E-state index is 3.94. The molecule has 70 valence electrons. The molecule has 0 bridgehead atoms. The zero-order chi connectivity index (χ0) is 9.40. The molecule has 0 radical (unpaired) electrons. The number of hydrogen-bond donors (Lipinski definition) is 1. The van der Waals surface area contributed by atoms with Crippen LogP contribution in [0.4, 0.5) is 0 Å². The maximum absolute atomic E-state index is 3.94. The Kier molecular flexibility index (Phi) is 6.78. The van der Waals surface area contributed by atoms with Gasteiger partial charge >= 0.3 is 0 Å². The fourth-order valence-corrected chi connectivity index (χ4v) is 1.18. The summed E-state index contributed by atoms with van der Waals surface area (Å²) in [6.45, 7) is 12.4. The Morgan fingerprint density at radius 1 is 1.50 bits per heavy atom. The highest BCUT2D eigenvalue weighted by Crippen LogP contribution is 2.12. The summed E-state index contributed by atoms with van der Waals surface area (Å²) in [5.74, 6) is 0. The maximum Gasteiger partial charge on any atom is -0.00459 e. The van der Waals surface area contributed by atoms with Gasteiger partial charge in [0.2, 0.25) is 0 Å². The second kappa shape index (κ2) is 7.11. The Bertz CT molecular complexity index is 156. The number of nitrogens with one attached hydrogen (secondary N) is 1. The Hall–Kier alpha value is -0.560. The lowest BCUT2D eigenvalue weighted by Crippen LogP contribution is -2.13. The Morgan fingerprint density at radius 3 is 2.58 bits per heavy atom. The van der Waals surface area contributed by atoms with Crippen molar-refractivity contribution in [3.8, 4) is 0 Å². The van der Waals surface area contributed by atoms with E-state index in [-0.39, 0.29) is 0 Å². The standard InChI is InChI=1S/C11H21N/c1-5-11(10(3)4)8-7-9-12-6-2/h5,12H,3,6-9H2,1-2,4H3/b11-5-. The van der Waals surface area contributed by atoms with Gasteiger partial charge in [-0.25, -0.2) is 0 Å². The van der Waals surface area contributed by atoms with Crippen LogP contribution in [0.15, 0.2) is 23.8 Å². The fraction of sp³-hybridized carbons (Fsp3) is 0.636. The zero-order valence-electron chi connectivity index (χ0n) is 8.61. The third kappa shape index (κ3) is 5.14. The van der Waals surface area contributed by atoms with Crippen LogP contribution >= 0.6 is 0 Å². The van der Waals surface area contributed by atoms with Crippen molar-refractivity contribution in [2.75, 3.05) is 13.1 Å². The van der Waals surface area contributed by atoms with Crippen molar-refractivity contribution >= 4 is 0 Å². The zero-order valence-corrected chi connectivity index (χ0v) is 8.61. The minimum absolute atomic E-state index is 1.07. The molecule has 0 rings (SSSR count). The van der Waals surface area contributed by atoms with Crippen LogP contribution in [0.1, 0.15) is 33.6 Å². The van der Waals surface area contributed by atoms with E-state index in [1.54, 1.807) is 0 Å². The van der Waals surface area contributed by atoms with Crippen molar-refractivity contribution in [3.63, 3.8) is 0 Å². The van der Waals surface area contributed by atoms with E-state index in [0.717, 1.165) is 19.5 Å². The lowest BCUT2D eigenvalue weighted by molar-refractivity contribution is 0.672. The van der Waals surface area contributed by atoms with Crippen molar-refractivity contribution in [3.05, 3.63) is 23.8 Å². The third-order valence-electron chi connectivity index (χ3n) is 1.95. The Balaban J connectivity index is 3.54. The van der Waals surface area contributed by atoms with Gasteiger partial charge < -0.3 is 5.32 Å². The number of allylic oxidation sites excluding steroid dienone is 3. The van der Waals surface area contributed by atoms with Crippen LogP contribution in [0, 0.1) is 0 Å². The van der Waals surface area contributed by atoms with Crippen LogP contribution in [-0.4, -0.2) is 13.1 Å². The van der Waals surface area contributed by atoms with Gasteiger partial charge in [0.1, 0.15) is 0 Å². The smallest absolute Gasteiger partial charge is 0.00459 e. The molecule has 0 fully saturated rings. The average molecular weight is 167 g/mol. The SMILES string of the molecule is C=C(C)/C(=C\C)CCCNCC. The minimum Gasteiger partial charge on any atom is -0.317 e. The van der Waals surface area contributed by atoms with Crippen LogP contribution in [0.3, 0.4) is 0 Å². The largest absolute Gasteiger partial charge is 0.317 e. The normalized spacial score (nSPS) is 11.8. The van der Waals surface area contributed by atoms with Gasteiger partial charge in [0.25, 0.3) is 0 Å². The van der Waals surface area contributed by atoms with E-state index in [0.29, 0.717) is 0 Å². The Morgan fingerprint density at radius 2 is 2.17 bits per heavy atom. The molecule has 0 saturated heterocycles. The van der Waals surface area contributed by atoms with Crippen molar-refractivity contribution in [2.45, 2.75) is 33.6 Å². The molecular formula is C11H21N. The van der Waals surface area contributed by atoms with Gasteiger partial charge in [0.15, 0.2) is 0 Å². The van der Waals surface area contributed by atoms with Gasteiger partial charge in [0.05, 0.1) is 0 Å². The summed E-state index contributed by atoms with van der Waals surface area (Å²) in [5.41, 5.74) is 2.60. The predicted molar refractivity (Wildman–Crippen MR) is 56.3 cm³/mol. The summed E-state index contributed by atoms with van der Waals surface area (Å²) in [6, 6.07) is 0. The topological polar surface area (TPSA) is 12.0 Å². The summed E-state index contributed by atoms with van der Waals surface area (Å²) >= 11 is 0. The lowest BCUT2D eigenvalue weighted by Gasteiger charge is -2.06. The van der Waals surface area contributed by atoms with E-state index in [1.165, 1.54) is 17.6 Å². The first-order chi connectivity index (χ1) is 5.72. The number of rotatable bonds is 6. The molecule has 0 aliphatic rings. The highest BCUT2D eigenvalue weighted by atomic mass is 14.8. The van der Waals surface area contributed by atoms with Gasteiger partial charge in [-0.1, -0.05) is 25.2 Å². The van der Waals surface area contributed by atoms with E-state index in [4.69, 9.17) is 0 Å². The second-order valence-corrected chi connectivity index (χ2v) is 3.05. The van der Waals surface area contributed by atoms with Crippen LogP contribution in [0.25, 0.3) is 0 Å². The summed E-state index contributed by atoms with van der Waals surface area (Å²) in [4.78, 5) is 0. The first-order valence-corrected chi connectivity index (χ1v) is 4.74. The lowest BCUT2D eigenvalue weighted by atomic mass is 10.0. The molecule has 1 N–H and O–H groups in total. The minimum atomic E-state index is 1.07. The van der Waals surface area contributed by atoms with E-state index < -0.39 is 0 Å². The summed E-state index contributed by atoms with van der Waals surface area (Å²) in [5, 5.41) is 3.31. The highest BCUT2D eigenvalue weighted by Gasteiger charge is 1.95. The molecule has 0 saturated carbocycles. The Labute approximate surface area is 76.6 Å². The molecule has 0 aromatic rings. The van der Waals surface area contributed by atoms with E-state index in [1.807, 2.05) is 0 Å². The van der Waals surface area contributed by atoms with Gasteiger partial charge in [0, 0.05) is 0 Å². The van der Waals surface area contributed by atoms with E-state index in [9.17, 15) is 0 Å². The molecule has 0 heterocycles. The van der Waals surface area contributed by atoms with Crippen LogP contribution in [-0.2, 0) is 0 Å². The molecule has 1 nitrogen and oxygen atoms in total.